The van der Waals surface area contributed by atoms with Crippen LogP contribution in [0.25, 0.3) is 11.0 Å². The van der Waals surface area contributed by atoms with Gasteiger partial charge in [-0.15, -0.1) is 11.3 Å². The Morgan fingerprint density at radius 2 is 2.00 bits per heavy atom. The molecule has 3 aromatic rings. The van der Waals surface area contributed by atoms with Gasteiger partial charge in [0.1, 0.15) is 9.79 Å². The first-order valence-corrected chi connectivity index (χ1v) is 9.08. The van der Waals surface area contributed by atoms with Gasteiger partial charge in [-0.2, -0.15) is 0 Å². The van der Waals surface area contributed by atoms with Crippen LogP contribution < -0.4 is 10.0 Å². The highest BCUT2D eigenvalue weighted by Crippen LogP contribution is 2.22. The zero-order valence-corrected chi connectivity index (χ0v) is 13.8. The van der Waals surface area contributed by atoms with Gasteiger partial charge in [-0.05, 0) is 31.3 Å². The van der Waals surface area contributed by atoms with Gasteiger partial charge in [-0.3, -0.25) is 4.79 Å². The Bertz CT molecular complexity index is 924. The Labute approximate surface area is 137 Å². The maximum absolute atomic E-state index is 12.1. The molecule has 8 heteroatoms. The molecule has 120 valence electrons. The fourth-order valence-electron chi connectivity index (χ4n) is 2.05. The Morgan fingerprint density at radius 3 is 2.74 bits per heavy atom. The van der Waals surface area contributed by atoms with Crippen molar-refractivity contribution in [2.45, 2.75) is 10.8 Å². The number of furan rings is 1. The number of para-hydroxylation sites is 1. The van der Waals surface area contributed by atoms with Crippen LogP contribution in [-0.4, -0.2) is 21.4 Å². The van der Waals surface area contributed by atoms with E-state index in [1.807, 2.05) is 18.2 Å². The van der Waals surface area contributed by atoms with Crippen molar-refractivity contribution in [1.82, 2.24) is 10.0 Å². The molecule has 0 atom stereocenters. The largest absolute Gasteiger partial charge is 0.451 e. The monoisotopic (exact) mass is 350 g/mol. The summed E-state index contributed by atoms with van der Waals surface area (Å²) in [5.74, 6) is -0.113. The maximum Gasteiger partial charge on any atom is 0.287 e. The number of benzene rings is 1. The van der Waals surface area contributed by atoms with Crippen LogP contribution in [0.4, 0.5) is 0 Å². The highest BCUT2D eigenvalue weighted by atomic mass is 32.2. The number of nitrogens with one attached hydrogen (secondary N) is 2. The molecular weight excluding hydrogens is 336 g/mol. The molecule has 0 aliphatic rings. The van der Waals surface area contributed by atoms with Crippen molar-refractivity contribution >= 4 is 38.2 Å². The summed E-state index contributed by atoms with van der Waals surface area (Å²) in [6, 6.07) is 12.2. The third-order valence-electron chi connectivity index (χ3n) is 3.24. The van der Waals surface area contributed by atoms with Gasteiger partial charge >= 0.3 is 0 Å². The van der Waals surface area contributed by atoms with Gasteiger partial charge in [0.15, 0.2) is 5.76 Å². The molecule has 0 fully saturated rings. The second kappa shape index (κ2) is 6.15. The molecule has 0 unspecified atom stereocenters. The molecule has 0 radical (unpaired) electrons. The second-order valence-corrected chi connectivity index (χ2v) is 8.04. The van der Waals surface area contributed by atoms with Gasteiger partial charge in [-0.25, -0.2) is 13.1 Å². The van der Waals surface area contributed by atoms with E-state index in [1.165, 1.54) is 13.1 Å². The molecule has 0 bridgehead atoms. The van der Waals surface area contributed by atoms with Gasteiger partial charge in [0.05, 0.1) is 6.54 Å². The Balaban J connectivity index is 1.69. The summed E-state index contributed by atoms with van der Waals surface area (Å²) in [7, 11) is -2.09. The molecule has 0 aliphatic carbocycles. The van der Waals surface area contributed by atoms with E-state index in [1.54, 1.807) is 18.2 Å². The smallest absolute Gasteiger partial charge is 0.287 e. The van der Waals surface area contributed by atoms with Crippen molar-refractivity contribution in [3.63, 3.8) is 0 Å². The van der Waals surface area contributed by atoms with E-state index in [0.29, 0.717) is 5.58 Å². The molecule has 0 saturated carbocycles. The van der Waals surface area contributed by atoms with Crippen LogP contribution in [0.3, 0.4) is 0 Å². The van der Waals surface area contributed by atoms with Crippen LogP contribution in [0, 0.1) is 0 Å². The molecule has 0 aliphatic heterocycles. The van der Waals surface area contributed by atoms with Gasteiger partial charge in [0, 0.05) is 10.3 Å². The molecule has 23 heavy (non-hydrogen) atoms. The molecule has 0 saturated heterocycles. The first-order chi connectivity index (χ1) is 11.0. The Morgan fingerprint density at radius 1 is 1.22 bits per heavy atom. The number of hydrogen-bond acceptors (Lipinski definition) is 5. The predicted molar refractivity (Wildman–Crippen MR) is 87.9 cm³/mol. The number of thiophene rings is 1. The van der Waals surface area contributed by atoms with Crippen LogP contribution in [0.15, 0.2) is 51.1 Å². The topological polar surface area (TPSA) is 88.4 Å². The average Bonchev–Trinajstić information content (AvgIpc) is 3.19. The number of fused-ring (bicyclic) bond motifs is 1. The number of carbonyl (C=O) groups excluding carboxylic acids is 1. The van der Waals surface area contributed by atoms with Gasteiger partial charge in [0.2, 0.25) is 10.0 Å². The number of sulfonamides is 1. The zero-order valence-electron chi connectivity index (χ0n) is 12.2. The van der Waals surface area contributed by atoms with Gasteiger partial charge < -0.3 is 9.73 Å². The lowest BCUT2D eigenvalue weighted by Crippen LogP contribution is -2.21. The van der Waals surface area contributed by atoms with Crippen molar-refractivity contribution < 1.29 is 17.6 Å². The minimum absolute atomic E-state index is 0.216. The number of carbonyl (C=O) groups is 1. The van der Waals surface area contributed by atoms with Crippen molar-refractivity contribution in [3.05, 3.63) is 53.1 Å². The van der Waals surface area contributed by atoms with Crippen molar-refractivity contribution in [3.8, 4) is 0 Å². The van der Waals surface area contributed by atoms with Crippen LogP contribution in [0.1, 0.15) is 15.4 Å². The van der Waals surface area contributed by atoms with E-state index in [-0.39, 0.29) is 22.4 Å². The first-order valence-electron chi connectivity index (χ1n) is 6.78. The van der Waals surface area contributed by atoms with Crippen molar-refractivity contribution in [2.24, 2.45) is 0 Å². The summed E-state index contributed by atoms with van der Waals surface area (Å²) in [5, 5.41) is 3.58. The summed E-state index contributed by atoms with van der Waals surface area (Å²) >= 11 is 1.11. The molecule has 3 rings (SSSR count). The maximum atomic E-state index is 12.1. The molecule has 6 nitrogen and oxygen atoms in total. The Hall–Kier alpha value is -2.16. The first kappa shape index (κ1) is 15.7. The summed E-state index contributed by atoms with van der Waals surface area (Å²) < 4.78 is 31.3. The van der Waals surface area contributed by atoms with Crippen LogP contribution >= 0.6 is 11.3 Å². The number of rotatable bonds is 5. The third kappa shape index (κ3) is 3.29. The molecule has 2 N–H and O–H groups in total. The molecule has 1 amide bonds. The Kier molecular flexibility index (Phi) is 4.20. The van der Waals surface area contributed by atoms with Crippen LogP contribution in [-0.2, 0) is 16.6 Å². The standard InChI is InChI=1S/C15H14N2O4S2/c1-16-23(19,20)14-7-6-11(22-14)9-17-15(18)13-8-10-4-2-3-5-12(10)21-13/h2-8,16H,9H2,1H3,(H,17,18). The molecule has 1 aromatic carbocycles. The van der Waals surface area contributed by atoms with E-state index >= 15 is 0 Å². The minimum Gasteiger partial charge on any atom is -0.451 e. The molecule has 0 spiro atoms. The zero-order chi connectivity index (χ0) is 16.4. The lowest BCUT2D eigenvalue weighted by atomic mass is 10.2. The van der Waals surface area contributed by atoms with Crippen molar-refractivity contribution in [2.75, 3.05) is 7.05 Å². The fraction of sp³-hybridized carbons (Fsp3) is 0.133. The number of amides is 1. The molecule has 2 aromatic heterocycles. The van der Waals surface area contributed by atoms with E-state index in [9.17, 15) is 13.2 Å². The second-order valence-electron chi connectivity index (χ2n) is 4.76. The lowest BCUT2D eigenvalue weighted by Gasteiger charge is -2.00. The normalized spacial score (nSPS) is 11.7. The highest BCUT2D eigenvalue weighted by molar-refractivity contribution is 7.91. The summed E-state index contributed by atoms with van der Waals surface area (Å²) in [6.07, 6.45) is 0. The summed E-state index contributed by atoms with van der Waals surface area (Å²) in [6.45, 7) is 0.236. The number of hydrogen-bond donors (Lipinski definition) is 2. The summed E-state index contributed by atoms with van der Waals surface area (Å²) in [5.41, 5.74) is 0.649. The molecular formula is C15H14N2O4S2. The molecule has 2 heterocycles. The van der Waals surface area contributed by atoms with E-state index < -0.39 is 10.0 Å². The van der Waals surface area contributed by atoms with Crippen LogP contribution in [0.2, 0.25) is 0 Å². The van der Waals surface area contributed by atoms with Gasteiger partial charge in [0.25, 0.3) is 5.91 Å². The predicted octanol–water partition coefficient (Wildman–Crippen LogP) is 2.33. The minimum atomic E-state index is -3.45. The van der Waals surface area contributed by atoms with E-state index in [4.69, 9.17) is 4.42 Å². The average molecular weight is 350 g/mol. The highest BCUT2D eigenvalue weighted by Gasteiger charge is 2.16. The lowest BCUT2D eigenvalue weighted by molar-refractivity contribution is 0.0925. The SMILES string of the molecule is CNS(=O)(=O)c1ccc(CNC(=O)c2cc3ccccc3o2)s1. The third-order valence-corrected chi connectivity index (χ3v) is 6.23. The van der Waals surface area contributed by atoms with E-state index in [0.717, 1.165) is 21.6 Å². The fourth-order valence-corrected chi connectivity index (χ4v) is 4.18. The van der Waals surface area contributed by atoms with E-state index in [2.05, 4.69) is 10.0 Å². The summed E-state index contributed by atoms with van der Waals surface area (Å²) in [4.78, 5) is 12.9. The van der Waals surface area contributed by atoms with Gasteiger partial charge in [-0.1, -0.05) is 18.2 Å². The quantitative estimate of drug-likeness (QED) is 0.739. The van der Waals surface area contributed by atoms with Crippen LogP contribution in [0.5, 0.6) is 0 Å². The van der Waals surface area contributed by atoms with Crippen molar-refractivity contribution in [1.29, 1.82) is 0 Å².